The molecule has 0 spiro atoms. The number of nitrogens with zero attached hydrogens (tertiary/aromatic N) is 1. The summed E-state index contributed by atoms with van der Waals surface area (Å²) in [5, 5.41) is 38.7. The number of ketones is 1. The lowest BCUT2D eigenvalue weighted by Crippen LogP contribution is -2.60. The average Bonchev–Trinajstić information content (AvgIpc) is 3.36. The molecule has 2 aliphatic heterocycles. The maximum absolute atomic E-state index is 12.8. The van der Waals surface area contributed by atoms with Gasteiger partial charge in [-0.25, -0.2) is 4.79 Å². The smallest absolute Gasteiger partial charge is 0.335 e. The number of carbonyl (C=O) groups is 3. The lowest BCUT2D eigenvalue weighted by molar-refractivity contribution is -0.286. The fourth-order valence-electron chi connectivity index (χ4n) is 3.96. The highest BCUT2D eigenvalue weighted by Crippen LogP contribution is 2.33. The monoisotopic (exact) mass is 431 g/mol. The Kier molecular flexibility index (Phi) is 5.63. The zero-order valence-corrected chi connectivity index (χ0v) is 16.2. The molecule has 0 amide bonds. The van der Waals surface area contributed by atoms with Crippen molar-refractivity contribution in [3.63, 3.8) is 0 Å². The van der Waals surface area contributed by atoms with Crippen LogP contribution in [0.3, 0.4) is 0 Å². The van der Waals surface area contributed by atoms with Crippen molar-refractivity contribution in [2.45, 2.75) is 49.6 Å². The summed E-state index contributed by atoms with van der Waals surface area (Å²) in [6, 6.07) is 12.0. The Labute approximate surface area is 176 Å². The maximum Gasteiger partial charge on any atom is 0.335 e. The molecule has 2 aromatic rings. The Hall–Kier alpha value is -3.05. The minimum atomic E-state index is -1.88. The van der Waals surface area contributed by atoms with Gasteiger partial charge in [0.15, 0.2) is 6.10 Å². The van der Waals surface area contributed by atoms with E-state index in [0.29, 0.717) is 29.9 Å². The number of aliphatic carboxylic acids is 1. The number of carbonyl (C=O) groups excluding carboxylic acids is 2. The van der Waals surface area contributed by atoms with Crippen LogP contribution in [0.2, 0.25) is 0 Å². The van der Waals surface area contributed by atoms with Crippen LogP contribution in [0.25, 0.3) is 0 Å². The molecule has 4 N–H and O–H groups in total. The largest absolute Gasteiger partial charge is 0.479 e. The van der Waals surface area contributed by atoms with E-state index in [1.54, 1.807) is 47.0 Å². The second kappa shape index (κ2) is 8.23. The Morgan fingerprint density at radius 2 is 1.68 bits per heavy atom. The number of carboxylic acid groups (broad SMARTS) is 1. The summed E-state index contributed by atoms with van der Waals surface area (Å²) < 4.78 is 11.9. The van der Waals surface area contributed by atoms with E-state index in [1.165, 1.54) is 0 Å². The first-order valence-electron chi connectivity index (χ1n) is 9.71. The van der Waals surface area contributed by atoms with E-state index in [2.05, 4.69) is 0 Å². The van der Waals surface area contributed by atoms with Crippen molar-refractivity contribution in [3.05, 3.63) is 59.4 Å². The highest BCUT2D eigenvalue weighted by atomic mass is 16.7. The number of benzene rings is 1. The van der Waals surface area contributed by atoms with Gasteiger partial charge in [0.05, 0.1) is 11.6 Å². The Balaban J connectivity index is 1.50. The molecule has 0 saturated carbocycles. The summed E-state index contributed by atoms with van der Waals surface area (Å²) in [7, 11) is 0. The van der Waals surface area contributed by atoms with Crippen molar-refractivity contribution in [2.24, 2.45) is 0 Å². The van der Waals surface area contributed by atoms with Crippen LogP contribution in [0.1, 0.15) is 34.1 Å². The van der Waals surface area contributed by atoms with Crippen molar-refractivity contribution < 1.29 is 44.3 Å². The standard InChI is InChI=1S/C21H21NO9/c23-14(10-4-2-1-3-5-10)13-7-6-12-11(8-9-22(12)13)20(29)31-21-17(26)15(24)16(25)18(30-21)19(27)28/h1-7,11,15-18,21,24-26H,8-9H2,(H,27,28)/t11?,15-,16-,17+,18-,21-/m1/s1. The molecule has 31 heavy (non-hydrogen) atoms. The molecule has 0 aliphatic carbocycles. The van der Waals surface area contributed by atoms with Gasteiger partial charge in [0, 0.05) is 17.8 Å². The first-order chi connectivity index (χ1) is 14.8. The molecule has 1 unspecified atom stereocenters. The quantitative estimate of drug-likeness (QED) is 0.367. The molecule has 1 aromatic heterocycles. The number of hydrogen-bond donors (Lipinski definition) is 4. The van der Waals surface area contributed by atoms with Gasteiger partial charge in [0.25, 0.3) is 0 Å². The maximum atomic E-state index is 12.8. The third kappa shape index (κ3) is 3.74. The molecular weight excluding hydrogens is 410 g/mol. The van der Waals surface area contributed by atoms with Crippen LogP contribution in [0, 0.1) is 0 Å². The summed E-state index contributed by atoms with van der Waals surface area (Å²) in [5.41, 5.74) is 1.49. The predicted octanol–water partition coefficient (Wildman–Crippen LogP) is -0.358. The number of hydrogen-bond acceptors (Lipinski definition) is 8. The molecule has 2 aliphatic rings. The molecule has 3 heterocycles. The van der Waals surface area contributed by atoms with Gasteiger partial charge >= 0.3 is 11.9 Å². The summed E-state index contributed by atoms with van der Waals surface area (Å²) in [6.45, 7) is 0.392. The second-order valence-corrected chi connectivity index (χ2v) is 7.50. The molecule has 10 heteroatoms. The number of carboxylic acids is 1. The third-order valence-electron chi connectivity index (χ3n) is 5.61. The van der Waals surface area contributed by atoms with Crippen LogP contribution in [0.15, 0.2) is 42.5 Å². The fraction of sp³-hybridized carbons (Fsp3) is 0.381. The van der Waals surface area contributed by atoms with Gasteiger partial charge in [-0.3, -0.25) is 9.59 Å². The lowest BCUT2D eigenvalue weighted by atomic mass is 9.99. The zero-order chi connectivity index (χ0) is 22.3. The normalized spacial score (nSPS) is 29.9. The van der Waals surface area contributed by atoms with Crippen LogP contribution in [-0.4, -0.2) is 73.4 Å². The highest BCUT2D eigenvalue weighted by Gasteiger charge is 2.49. The number of esters is 1. The SMILES string of the molecule is O=C(c1ccccc1)c1ccc2n1CCC2C(=O)O[C@H]1O[C@@H](C(=O)O)[C@H](O)[C@@H](O)[C@@H]1O. The molecule has 164 valence electrons. The zero-order valence-electron chi connectivity index (χ0n) is 16.2. The average molecular weight is 431 g/mol. The van der Waals surface area contributed by atoms with E-state index in [4.69, 9.17) is 14.6 Å². The number of rotatable bonds is 5. The van der Waals surface area contributed by atoms with Gasteiger partial charge in [0.1, 0.15) is 18.3 Å². The first kappa shape index (κ1) is 21.2. The van der Waals surface area contributed by atoms with Crippen LogP contribution < -0.4 is 0 Å². The van der Waals surface area contributed by atoms with Gasteiger partial charge < -0.3 is 34.5 Å². The van der Waals surface area contributed by atoms with Crippen molar-refractivity contribution >= 4 is 17.7 Å². The van der Waals surface area contributed by atoms with Crippen molar-refractivity contribution in [1.29, 1.82) is 0 Å². The summed E-state index contributed by atoms with van der Waals surface area (Å²) in [5.74, 6) is -3.32. The van der Waals surface area contributed by atoms with Crippen molar-refractivity contribution in [1.82, 2.24) is 4.57 Å². The van der Waals surface area contributed by atoms with Gasteiger partial charge in [0.2, 0.25) is 12.1 Å². The molecule has 1 fully saturated rings. The minimum Gasteiger partial charge on any atom is -0.479 e. The van der Waals surface area contributed by atoms with E-state index in [0.717, 1.165) is 0 Å². The molecule has 0 bridgehead atoms. The molecule has 4 rings (SSSR count). The van der Waals surface area contributed by atoms with Gasteiger partial charge in [-0.15, -0.1) is 0 Å². The van der Waals surface area contributed by atoms with E-state index < -0.39 is 48.6 Å². The molecule has 10 nitrogen and oxygen atoms in total. The lowest BCUT2D eigenvalue weighted by Gasteiger charge is -2.38. The predicted molar refractivity (Wildman–Crippen MR) is 102 cm³/mol. The van der Waals surface area contributed by atoms with E-state index >= 15 is 0 Å². The summed E-state index contributed by atoms with van der Waals surface area (Å²) >= 11 is 0. The van der Waals surface area contributed by atoms with Gasteiger partial charge in [-0.1, -0.05) is 30.3 Å². The first-order valence-corrected chi connectivity index (χ1v) is 9.71. The second-order valence-electron chi connectivity index (χ2n) is 7.50. The van der Waals surface area contributed by atoms with E-state index in [-0.39, 0.29) is 5.78 Å². The third-order valence-corrected chi connectivity index (χ3v) is 5.61. The van der Waals surface area contributed by atoms with Gasteiger partial charge in [-0.2, -0.15) is 0 Å². The minimum absolute atomic E-state index is 0.187. The fourth-order valence-corrected chi connectivity index (χ4v) is 3.96. The number of ether oxygens (including phenoxy) is 2. The molecule has 1 saturated heterocycles. The number of aliphatic hydroxyl groups is 3. The van der Waals surface area contributed by atoms with E-state index in [9.17, 15) is 29.7 Å². The topological polar surface area (TPSA) is 156 Å². The summed E-state index contributed by atoms with van der Waals surface area (Å²) in [6.07, 6.45) is -8.86. The summed E-state index contributed by atoms with van der Waals surface area (Å²) in [4.78, 5) is 36.7. The Morgan fingerprint density at radius 3 is 2.35 bits per heavy atom. The number of fused-ring (bicyclic) bond motifs is 1. The number of aliphatic hydroxyl groups excluding tert-OH is 3. The molecule has 0 radical (unpaired) electrons. The van der Waals surface area contributed by atoms with Crippen molar-refractivity contribution in [2.75, 3.05) is 0 Å². The van der Waals surface area contributed by atoms with Crippen LogP contribution in [0.5, 0.6) is 0 Å². The van der Waals surface area contributed by atoms with Gasteiger partial charge in [-0.05, 0) is 18.6 Å². The molecule has 1 aromatic carbocycles. The molecular formula is C21H21NO9. The van der Waals surface area contributed by atoms with Crippen LogP contribution >= 0.6 is 0 Å². The highest BCUT2D eigenvalue weighted by molar-refractivity contribution is 6.08. The Bertz CT molecular complexity index is 1000. The Morgan fingerprint density at radius 1 is 0.968 bits per heavy atom. The van der Waals surface area contributed by atoms with Crippen LogP contribution in [-0.2, 0) is 25.6 Å². The molecule has 6 atom stereocenters. The van der Waals surface area contributed by atoms with Crippen molar-refractivity contribution in [3.8, 4) is 0 Å². The van der Waals surface area contributed by atoms with Crippen LogP contribution in [0.4, 0.5) is 0 Å². The van der Waals surface area contributed by atoms with E-state index in [1.807, 2.05) is 0 Å². The number of aromatic nitrogens is 1.